The van der Waals surface area contributed by atoms with Crippen LogP contribution in [0.25, 0.3) is 0 Å². The van der Waals surface area contributed by atoms with Crippen molar-refractivity contribution in [3.63, 3.8) is 0 Å². The van der Waals surface area contributed by atoms with Gasteiger partial charge in [0.15, 0.2) is 21.2 Å². The zero-order chi connectivity index (χ0) is 32.9. The van der Waals surface area contributed by atoms with Gasteiger partial charge in [-0.3, -0.25) is 19.2 Å². The Hall–Kier alpha value is -4.67. The molecule has 0 unspecified atom stereocenters. The molecular weight excluding hydrogens is 627 g/mol. The number of fused-ring (bicyclic) bond motifs is 1. The maximum Gasteiger partial charge on any atom is 0.286 e. The van der Waals surface area contributed by atoms with Gasteiger partial charge in [-0.1, -0.05) is 49.4 Å². The van der Waals surface area contributed by atoms with Crippen LogP contribution < -0.4 is 20.1 Å². The molecule has 2 N–H and O–H groups in total. The number of anilines is 2. The first kappa shape index (κ1) is 32.7. The number of benzene rings is 3. The van der Waals surface area contributed by atoms with Gasteiger partial charge in [-0.2, -0.15) is 5.26 Å². The standard InChI is InChI=1S/C33H33N5O6S2/c1-4-25(22-16-17-26-27(20-22)44-21-43-26)38-28(39)32(2,45-30(41)35-23-12-7-5-8-13-23)37(3)29(40)33(38,18-11-19-34)46-31(42)36-24-14-9-6-10-15-24/h5-10,12-17,20,25H,4,11,18,21H2,1-3H3,(H,35,41)(H,36,42)/t25-,32+,33+/m1/s1. The average Bonchev–Trinajstić information content (AvgIpc) is 3.53. The topological polar surface area (TPSA) is 141 Å². The number of carbonyl (C=O) groups excluding carboxylic acids is 4. The summed E-state index contributed by atoms with van der Waals surface area (Å²) in [4.78, 5) is 55.8. The monoisotopic (exact) mass is 659 g/mol. The number of amides is 4. The van der Waals surface area contributed by atoms with Gasteiger partial charge in [0.1, 0.15) is 0 Å². The molecular formula is C33H33N5O6S2. The van der Waals surface area contributed by atoms with Crippen LogP contribution in [-0.2, 0) is 9.59 Å². The zero-order valence-electron chi connectivity index (χ0n) is 25.5. The lowest BCUT2D eigenvalue weighted by Gasteiger charge is -2.56. The first-order valence-electron chi connectivity index (χ1n) is 14.6. The second kappa shape index (κ2) is 13.8. The number of hydrogen-bond acceptors (Lipinski definition) is 9. The van der Waals surface area contributed by atoms with E-state index in [0.29, 0.717) is 58.4 Å². The fraction of sp³-hybridized carbons (Fsp3) is 0.303. The first-order valence-corrected chi connectivity index (χ1v) is 16.2. The molecule has 2 aliphatic rings. The molecule has 0 spiro atoms. The van der Waals surface area contributed by atoms with Gasteiger partial charge >= 0.3 is 0 Å². The van der Waals surface area contributed by atoms with E-state index in [1.807, 2.05) is 13.0 Å². The Morgan fingerprint density at radius 1 is 0.913 bits per heavy atom. The molecule has 2 aliphatic heterocycles. The largest absolute Gasteiger partial charge is 0.454 e. The number of nitrogens with one attached hydrogen (secondary N) is 2. The van der Waals surface area contributed by atoms with E-state index < -0.39 is 38.1 Å². The third-order valence-electron chi connectivity index (χ3n) is 7.93. The minimum atomic E-state index is -1.83. The molecule has 1 fully saturated rings. The summed E-state index contributed by atoms with van der Waals surface area (Å²) in [7, 11) is 1.44. The van der Waals surface area contributed by atoms with Crippen LogP contribution >= 0.6 is 23.5 Å². The highest BCUT2D eigenvalue weighted by atomic mass is 32.2. The molecule has 238 valence electrons. The highest BCUT2D eigenvalue weighted by Crippen LogP contribution is 2.51. The van der Waals surface area contributed by atoms with E-state index in [4.69, 9.17) is 9.47 Å². The summed E-state index contributed by atoms with van der Waals surface area (Å²) in [6.07, 6.45) is 0.0860. The van der Waals surface area contributed by atoms with E-state index in [1.54, 1.807) is 72.8 Å². The summed E-state index contributed by atoms with van der Waals surface area (Å²) in [5, 5.41) is 14.1. The van der Waals surface area contributed by atoms with Crippen LogP contribution in [0.5, 0.6) is 11.5 Å². The smallest absolute Gasteiger partial charge is 0.286 e. The second-order valence-corrected chi connectivity index (χ2v) is 13.4. The number of piperazine rings is 1. The van der Waals surface area contributed by atoms with Crippen molar-refractivity contribution in [3.8, 4) is 17.6 Å². The number of likely N-dealkylation sites (N-methyl/N-ethyl adjacent to an activating group) is 1. The normalized spacial score (nSPS) is 21.0. The van der Waals surface area contributed by atoms with Crippen LogP contribution in [0.4, 0.5) is 21.0 Å². The molecule has 3 aromatic carbocycles. The Kier molecular flexibility index (Phi) is 9.79. The van der Waals surface area contributed by atoms with Crippen LogP contribution in [0.3, 0.4) is 0 Å². The molecule has 0 saturated carbocycles. The van der Waals surface area contributed by atoms with Crippen molar-refractivity contribution in [2.24, 2.45) is 0 Å². The van der Waals surface area contributed by atoms with Gasteiger partial charge in [0.25, 0.3) is 22.3 Å². The summed E-state index contributed by atoms with van der Waals surface area (Å²) in [6.45, 7) is 3.43. The summed E-state index contributed by atoms with van der Waals surface area (Å²) in [5.74, 6) is -0.118. The maximum absolute atomic E-state index is 15.0. The average molecular weight is 660 g/mol. The lowest BCUT2D eigenvalue weighted by Crippen LogP contribution is -2.73. The molecule has 0 aliphatic carbocycles. The van der Waals surface area contributed by atoms with Crippen molar-refractivity contribution in [2.45, 2.75) is 48.9 Å². The number of rotatable bonds is 9. The number of hydrogen-bond donors (Lipinski definition) is 2. The van der Waals surface area contributed by atoms with Gasteiger partial charge in [-0.15, -0.1) is 0 Å². The van der Waals surface area contributed by atoms with Gasteiger partial charge in [0, 0.05) is 31.3 Å². The molecule has 0 radical (unpaired) electrons. The van der Waals surface area contributed by atoms with Gasteiger partial charge in [-0.25, -0.2) is 0 Å². The molecule has 3 aromatic rings. The molecule has 5 rings (SSSR count). The lowest BCUT2D eigenvalue weighted by molar-refractivity contribution is -0.167. The molecule has 46 heavy (non-hydrogen) atoms. The van der Waals surface area contributed by atoms with Crippen molar-refractivity contribution < 1.29 is 28.7 Å². The summed E-state index contributed by atoms with van der Waals surface area (Å²) in [5.41, 5.74) is 1.68. The fourth-order valence-corrected chi connectivity index (χ4v) is 7.69. The van der Waals surface area contributed by atoms with Crippen molar-refractivity contribution in [1.82, 2.24) is 9.80 Å². The van der Waals surface area contributed by atoms with Crippen molar-refractivity contribution >= 4 is 57.2 Å². The molecule has 0 aromatic heterocycles. The Morgan fingerprint density at radius 2 is 1.50 bits per heavy atom. The second-order valence-electron chi connectivity index (χ2n) is 10.8. The van der Waals surface area contributed by atoms with E-state index >= 15 is 0 Å². The highest BCUT2D eigenvalue weighted by molar-refractivity contribution is 8.16. The van der Waals surface area contributed by atoms with Crippen molar-refractivity contribution in [1.29, 1.82) is 5.26 Å². The van der Waals surface area contributed by atoms with Gasteiger partial charge in [0.05, 0.1) is 12.1 Å². The number of ether oxygens (including phenoxy) is 2. The van der Waals surface area contributed by atoms with Gasteiger partial charge in [0.2, 0.25) is 6.79 Å². The molecule has 4 amide bonds. The first-order chi connectivity index (χ1) is 22.1. The van der Waals surface area contributed by atoms with E-state index in [-0.39, 0.29) is 19.6 Å². The lowest BCUT2D eigenvalue weighted by atomic mass is 9.93. The number of thioether (sulfide) groups is 2. The zero-order valence-corrected chi connectivity index (χ0v) is 27.2. The Morgan fingerprint density at radius 3 is 2.09 bits per heavy atom. The van der Waals surface area contributed by atoms with Crippen molar-refractivity contribution in [2.75, 3.05) is 24.5 Å². The van der Waals surface area contributed by atoms with Crippen LogP contribution in [0.2, 0.25) is 0 Å². The van der Waals surface area contributed by atoms with E-state index in [2.05, 4.69) is 16.7 Å². The Labute approximate surface area is 275 Å². The summed E-state index contributed by atoms with van der Waals surface area (Å²) < 4.78 is 11.1. The molecule has 3 atom stereocenters. The quantitative estimate of drug-likeness (QED) is 0.253. The van der Waals surface area contributed by atoms with Crippen LogP contribution in [0.15, 0.2) is 78.9 Å². The minimum absolute atomic E-state index is 0.0500. The van der Waals surface area contributed by atoms with Crippen LogP contribution in [0, 0.1) is 11.3 Å². The SMILES string of the molecule is CC[C@H](c1ccc2c(c1)OCO2)N1C(=O)[C@](C)(SC(=O)Nc2ccccc2)N(C)C(=O)[C@]1(CCC#N)SC(=O)Nc1ccccc1. The molecule has 1 saturated heterocycles. The number of para-hydroxylation sites is 2. The summed E-state index contributed by atoms with van der Waals surface area (Å²) in [6, 6.07) is 24.1. The fourth-order valence-electron chi connectivity index (χ4n) is 5.54. The van der Waals surface area contributed by atoms with Gasteiger partial charge in [-0.05, 0) is 78.8 Å². The van der Waals surface area contributed by atoms with Crippen LogP contribution in [-0.4, -0.2) is 55.7 Å². The van der Waals surface area contributed by atoms with E-state index in [0.717, 1.165) is 0 Å². The molecule has 0 bridgehead atoms. The van der Waals surface area contributed by atoms with Crippen molar-refractivity contribution in [3.05, 3.63) is 84.4 Å². The predicted octanol–water partition coefficient (Wildman–Crippen LogP) is 6.81. The van der Waals surface area contributed by atoms with Gasteiger partial charge < -0.3 is 29.9 Å². The molecule has 13 heteroatoms. The van der Waals surface area contributed by atoms with E-state index in [1.165, 1.54) is 23.8 Å². The highest BCUT2D eigenvalue weighted by Gasteiger charge is 2.63. The third kappa shape index (κ3) is 6.36. The van der Waals surface area contributed by atoms with E-state index in [9.17, 15) is 24.4 Å². The third-order valence-corrected chi connectivity index (χ3v) is 10.3. The number of nitriles is 1. The predicted molar refractivity (Wildman–Crippen MR) is 177 cm³/mol. The molecule has 2 heterocycles. The number of nitrogens with zero attached hydrogens (tertiary/aromatic N) is 3. The number of carbonyl (C=O) groups is 4. The van der Waals surface area contributed by atoms with Crippen LogP contribution in [0.1, 0.15) is 44.7 Å². The summed E-state index contributed by atoms with van der Waals surface area (Å²) >= 11 is 1.33. The Balaban J connectivity index is 1.60. The maximum atomic E-state index is 15.0. The Bertz CT molecular complexity index is 1670. The molecule has 11 nitrogen and oxygen atoms in total. The minimum Gasteiger partial charge on any atom is -0.454 e.